The molecular formula is C36H29N. The number of rotatable bonds is 4. The number of nitrogens with zero attached hydrogens (tertiary/aromatic N) is 1. The summed E-state index contributed by atoms with van der Waals surface area (Å²) in [7, 11) is 0. The van der Waals surface area contributed by atoms with Gasteiger partial charge in [-0.25, -0.2) is 0 Å². The molecule has 0 aliphatic heterocycles. The van der Waals surface area contributed by atoms with Crippen molar-refractivity contribution in [2.75, 3.05) is 4.90 Å². The maximum absolute atomic E-state index is 2.43. The number of anilines is 2. The zero-order valence-electron chi connectivity index (χ0n) is 21.3. The van der Waals surface area contributed by atoms with E-state index in [1.54, 1.807) is 0 Å². The smallest absolute Gasteiger partial charge is 0.0503 e. The van der Waals surface area contributed by atoms with Gasteiger partial charge in [0.25, 0.3) is 0 Å². The lowest BCUT2D eigenvalue weighted by atomic mass is 9.80. The van der Waals surface area contributed by atoms with E-state index in [9.17, 15) is 0 Å². The molecule has 0 bridgehead atoms. The molecule has 7 rings (SSSR count). The van der Waals surface area contributed by atoms with Crippen LogP contribution in [0.1, 0.15) is 34.2 Å². The first-order valence-corrected chi connectivity index (χ1v) is 13.1. The molecule has 5 aromatic carbocycles. The van der Waals surface area contributed by atoms with Gasteiger partial charge in [-0.1, -0.05) is 102 Å². The maximum atomic E-state index is 2.43. The number of allylic oxidation sites excluding steroid dienone is 3. The van der Waals surface area contributed by atoms with E-state index >= 15 is 0 Å². The molecule has 2 aliphatic carbocycles. The van der Waals surface area contributed by atoms with E-state index < -0.39 is 0 Å². The second-order valence-corrected chi connectivity index (χ2v) is 10.3. The Morgan fingerprint density at radius 3 is 1.89 bits per heavy atom. The fraction of sp³-hybridized carbons (Fsp3) is 0.111. The molecule has 0 heterocycles. The summed E-state index contributed by atoms with van der Waals surface area (Å²) < 4.78 is 0. The Bertz CT molecular complexity index is 1700. The van der Waals surface area contributed by atoms with E-state index in [2.05, 4.69) is 134 Å². The third-order valence-corrected chi connectivity index (χ3v) is 7.86. The molecular weight excluding hydrogens is 446 g/mol. The monoisotopic (exact) mass is 475 g/mol. The van der Waals surface area contributed by atoms with Gasteiger partial charge in [0.1, 0.15) is 0 Å². The minimum absolute atomic E-state index is 0.958. The van der Waals surface area contributed by atoms with Crippen LogP contribution in [0, 0.1) is 13.8 Å². The van der Waals surface area contributed by atoms with Gasteiger partial charge in [-0.2, -0.15) is 0 Å². The van der Waals surface area contributed by atoms with Crippen LogP contribution < -0.4 is 4.90 Å². The van der Waals surface area contributed by atoms with Gasteiger partial charge in [0.05, 0.1) is 5.70 Å². The van der Waals surface area contributed by atoms with Crippen molar-refractivity contribution in [1.82, 2.24) is 0 Å². The standard InChI is InChI=1S/C36H29N/c1-24-6-10-26(11-7-24)27-14-20-32(21-15-27)37(31-18-8-25(2)9-19-31)34-23-17-30-13-12-28-4-3-5-29-16-22-33(34)36(30)35(28)29/h3-11,13-16,18-23H,12,17H2,1-2H3. The van der Waals surface area contributed by atoms with E-state index in [-0.39, 0.29) is 0 Å². The van der Waals surface area contributed by atoms with Crippen molar-refractivity contribution >= 4 is 33.4 Å². The molecule has 0 saturated heterocycles. The molecule has 0 unspecified atom stereocenters. The summed E-state index contributed by atoms with van der Waals surface area (Å²) >= 11 is 0. The zero-order valence-corrected chi connectivity index (χ0v) is 21.3. The minimum Gasteiger partial charge on any atom is -0.310 e. The van der Waals surface area contributed by atoms with Gasteiger partial charge in [-0.05, 0) is 89.6 Å². The third-order valence-electron chi connectivity index (χ3n) is 7.86. The Kier molecular flexibility index (Phi) is 5.11. The lowest BCUT2D eigenvalue weighted by Crippen LogP contribution is -2.19. The molecule has 1 nitrogen and oxygen atoms in total. The molecule has 0 N–H and O–H groups in total. The Labute approximate surface area is 219 Å². The van der Waals surface area contributed by atoms with E-state index in [4.69, 9.17) is 0 Å². The van der Waals surface area contributed by atoms with Crippen molar-refractivity contribution in [3.63, 3.8) is 0 Å². The van der Waals surface area contributed by atoms with Gasteiger partial charge in [0, 0.05) is 16.9 Å². The van der Waals surface area contributed by atoms with Gasteiger partial charge in [0.2, 0.25) is 0 Å². The van der Waals surface area contributed by atoms with Crippen molar-refractivity contribution < 1.29 is 0 Å². The number of benzene rings is 5. The topological polar surface area (TPSA) is 3.24 Å². The quantitative estimate of drug-likeness (QED) is 0.250. The Hall–Kier alpha value is -4.36. The average molecular weight is 476 g/mol. The van der Waals surface area contributed by atoms with Gasteiger partial charge in [-0.15, -0.1) is 0 Å². The number of hydrogen-bond acceptors (Lipinski definition) is 1. The van der Waals surface area contributed by atoms with Gasteiger partial charge in [0.15, 0.2) is 0 Å². The van der Waals surface area contributed by atoms with Crippen LogP contribution in [0.2, 0.25) is 0 Å². The largest absolute Gasteiger partial charge is 0.310 e. The second kappa shape index (κ2) is 8.64. The fourth-order valence-corrected chi connectivity index (χ4v) is 5.89. The Morgan fingerprint density at radius 1 is 0.568 bits per heavy atom. The fourth-order valence-electron chi connectivity index (χ4n) is 5.89. The van der Waals surface area contributed by atoms with Gasteiger partial charge in [-0.3, -0.25) is 0 Å². The molecule has 0 spiro atoms. The predicted molar refractivity (Wildman–Crippen MR) is 158 cm³/mol. The molecule has 2 aliphatic rings. The van der Waals surface area contributed by atoms with E-state index in [1.807, 2.05) is 0 Å². The highest BCUT2D eigenvalue weighted by Gasteiger charge is 2.27. The lowest BCUT2D eigenvalue weighted by molar-refractivity contribution is 1.19. The van der Waals surface area contributed by atoms with E-state index in [1.165, 1.54) is 72.4 Å². The van der Waals surface area contributed by atoms with Crippen LogP contribution in [0.5, 0.6) is 0 Å². The number of aryl methyl sites for hydroxylation is 2. The second-order valence-electron chi connectivity index (χ2n) is 10.3. The van der Waals surface area contributed by atoms with Crippen LogP contribution in [-0.2, 0) is 6.42 Å². The summed E-state index contributed by atoms with van der Waals surface area (Å²) in [4.78, 5) is 2.43. The summed E-state index contributed by atoms with van der Waals surface area (Å²) in [6, 6.07) is 38.1. The van der Waals surface area contributed by atoms with E-state index in [0.717, 1.165) is 12.8 Å². The highest BCUT2D eigenvalue weighted by molar-refractivity contribution is 6.06. The highest BCUT2D eigenvalue weighted by Crippen LogP contribution is 2.46. The normalized spacial score (nSPS) is 13.8. The summed E-state index contributed by atoms with van der Waals surface area (Å²) in [6.07, 6.45) is 6.83. The average Bonchev–Trinajstić information content (AvgIpc) is 2.94. The maximum Gasteiger partial charge on any atom is 0.0503 e. The minimum atomic E-state index is 0.958. The first-order chi connectivity index (χ1) is 18.2. The van der Waals surface area contributed by atoms with Crippen LogP contribution in [0.3, 0.4) is 0 Å². The molecule has 0 atom stereocenters. The first-order valence-electron chi connectivity index (χ1n) is 13.1. The molecule has 0 radical (unpaired) electrons. The molecule has 178 valence electrons. The third kappa shape index (κ3) is 3.70. The molecule has 0 amide bonds. The molecule has 5 aromatic rings. The molecule has 37 heavy (non-hydrogen) atoms. The summed E-state index contributed by atoms with van der Waals surface area (Å²) in [5.41, 5.74) is 14.3. The SMILES string of the molecule is Cc1ccc(-c2ccc(N(C3=CCC4=CCc5cccc6ccc3c4c56)c3ccc(C)cc3)cc2)cc1. The van der Waals surface area contributed by atoms with Crippen LogP contribution in [0.25, 0.3) is 33.2 Å². The van der Waals surface area contributed by atoms with Gasteiger partial charge >= 0.3 is 0 Å². The van der Waals surface area contributed by atoms with E-state index in [0.29, 0.717) is 0 Å². The molecule has 0 aromatic heterocycles. The summed E-state index contributed by atoms with van der Waals surface area (Å²) in [5, 5.41) is 2.77. The van der Waals surface area contributed by atoms with Crippen molar-refractivity contribution in [1.29, 1.82) is 0 Å². The molecule has 1 heteroatoms. The lowest BCUT2D eigenvalue weighted by Gasteiger charge is -2.34. The van der Waals surface area contributed by atoms with Crippen LogP contribution >= 0.6 is 0 Å². The van der Waals surface area contributed by atoms with Crippen molar-refractivity contribution in [2.45, 2.75) is 26.7 Å². The van der Waals surface area contributed by atoms with Crippen molar-refractivity contribution in [2.24, 2.45) is 0 Å². The van der Waals surface area contributed by atoms with Gasteiger partial charge < -0.3 is 4.90 Å². The molecule has 0 fully saturated rings. The molecule has 0 saturated carbocycles. The Morgan fingerprint density at radius 2 is 1.19 bits per heavy atom. The zero-order chi connectivity index (χ0) is 24.9. The highest BCUT2D eigenvalue weighted by atomic mass is 15.1. The van der Waals surface area contributed by atoms with Crippen LogP contribution in [0.4, 0.5) is 11.4 Å². The Balaban J connectivity index is 1.39. The summed E-state index contributed by atoms with van der Waals surface area (Å²) in [6.45, 7) is 4.28. The van der Waals surface area contributed by atoms with Crippen LogP contribution in [0.15, 0.2) is 115 Å². The number of hydrogen-bond donors (Lipinski definition) is 0. The summed E-state index contributed by atoms with van der Waals surface area (Å²) in [5.74, 6) is 0. The van der Waals surface area contributed by atoms with Crippen molar-refractivity contribution in [3.05, 3.63) is 143 Å². The predicted octanol–water partition coefficient (Wildman–Crippen LogP) is 9.65. The van der Waals surface area contributed by atoms with Crippen molar-refractivity contribution in [3.8, 4) is 11.1 Å². The first kappa shape index (κ1) is 21.9. The van der Waals surface area contributed by atoms with Crippen LogP contribution in [-0.4, -0.2) is 0 Å².